The van der Waals surface area contributed by atoms with Crippen LogP contribution in [0, 0.1) is 0 Å². The second-order valence-electron chi connectivity index (χ2n) is 5.05. The van der Waals surface area contributed by atoms with Crippen LogP contribution in [0.1, 0.15) is 22.2 Å². The monoisotopic (exact) mass is 338 g/mol. The zero-order valence-electron chi connectivity index (χ0n) is 12.8. The van der Waals surface area contributed by atoms with E-state index in [1.54, 1.807) is 30.2 Å². The van der Waals surface area contributed by atoms with Gasteiger partial charge in [-0.2, -0.15) is 0 Å². The molecule has 118 valence electrons. The van der Waals surface area contributed by atoms with E-state index < -0.39 is 0 Å². The Bertz CT molecular complexity index is 629. The zero-order valence-corrected chi connectivity index (χ0v) is 14.4. The molecule has 0 spiro atoms. The van der Waals surface area contributed by atoms with Crippen molar-refractivity contribution in [3.8, 4) is 0 Å². The van der Waals surface area contributed by atoms with Crippen LogP contribution in [0.25, 0.3) is 0 Å². The fourth-order valence-corrected chi connectivity index (χ4v) is 2.75. The molecule has 0 aliphatic rings. The fraction of sp³-hybridized carbons (Fsp3) is 0.312. The third kappa shape index (κ3) is 4.06. The van der Waals surface area contributed by atoms with Crippen LogP contribution in [-0.2, 0) is 0 Å². The minimum absolute atomic E-state index is 0.0264. The number of halogens is 1. The topological polar surface area (TPSA) is 45.5 Å². The molecule has 0 bridgehead atoms. The molecule has 2 rings (SSSR count). The molecule has 2 aromatic rings. The number of nitrogens with zero attached hydrogens (tertiary/aromatic N) is 1. The van der Waals surface area contributed by atoms with Gasteiger partial charge in [-0.15, -0.1) is 11.8 Å². The summed E-state index contributed by atoms with van der Waals surface area (Å²) in [6.07, 6.45) is 3.59. The second-order valence-corrected chi connectivity index (χ2v) is 6.34. The van der Waals surface area contributed by atoms with Crippen LogP contribution in [0.2, 0.25) is 5.02 Å². The maximum Gasteiger partial charge on any atom is 0.252 e. The summed E-state index contributed by atoms with van der Waals surface area (Å²) in [6, 6.07) is 9.17. The van der Waals surface area contributed by atoms with E-state index in [1.807, 2.05) is 43.5 Å². The Labute approximate surface area is 139 Å². The molecule has 1 amide bonds. The highest BCUT2D eigenvalue weighted by Gasteiger charge is 2.19. The third-order valence-corrected chi connectivity index (χ3v) is 4.42. The predicted octanol–water partition coefficient (Wildman–Crippen LogP) is 3.69. The number of benzene rings is 1. The molecule has 0 saturated heterocycles. The Hall–Kier alpha value is -1.43. The number of carbonyl (C=O) groups is 1. The van der Waals surface area contributed by atoms with Gasteiger partial charge in [0.15, 0.2) is 0 Å². The lowest BCUT2D eigenvalue weighted by Crippen LogP contribution is -2.34. The number of hydrogen-bond acceptors (Lipinski definition) is 4. The van der Waals surface area contributed by atoms with Gasteiger partial charge in [0.1, 0.15) is 5.76 Å². The molecule has 1 heterocycles. The number of thioether (sulfide) groups is 1. The van der Waals surface area contributed by atoms with Crippen molar-refractivity contribution in [1.29, 1.82) is 0 Å². The SMILES string of the molecule is CSc1ccc(Cl)c(C(=O)NCC(c2ccco2)N(C)C)c1. The number of nitrogens with one attached hydrogen (secondary N) is 1. The molecule has 6 heteroatoms. The normalized spacial score (nSPS) is 12.4. The number of likely N-dealkylation sites (N-methyl/N-ethyl adjacent to an activating group) is 1. The lowest BCUT2D eigenvalue weighted by molar-refractivity contribution is 0.0939. The van der Waals surface area contributed by atoms with Crippen molar-refractivity contribution in [2.45, 2.75) is 10.9 Å². The van der Waals surface area contributed by atoms with Crippen molar-refractivity contribution in [2.24, 2.45) is 0 Å². The maximum atomic E-state index is 12.4. The first kappa shape index (κ1) is 16.9. The van der Waals surface area contributed by atoms with Crippen LogP contribution in [0.3, 0.4) is 0 Å². The van der Waals surface area contributed by atoms with E-state index in [4.69, 9.17) is 16.0 Å². The molecule has 22 heavy (non-hydrogen) atoms. The Morgan fingerprint density at radius 3 is 2.77 bits per heavy atom. The largest absolute Gasteiger partial charge is 0.468 e. The van der Waals surface area contributed by atoms with Gasteiger partial charge in [-0.1, -0.05) is 11.6 Å². The van der Waals surface area contributed by atoms with Crippen molar-refractivity contribution in [3.05, 3.63) is 52.9 Å². The first-order valence-electron chi connectivity index (χ1n) is 6.84. The van der Waals surface area contributed by atoms with E-state index in [0.29, 0.717) is 17.1 Å². The van der Waals surface area contributed by atoms with Gasteiger partial charge in [-0.3, -0.25) is 9.69 Å². The van der Waals surface area contributed by atoms with Crippen LogP contribution in [0.4, 0.5) is 0 Å². The van der Waals surface area contributed by atoms with Crippen molar-refractivity contribution < 1.29 is 9.21 Å². The van der Waals surface area contributed by atoms with Crippen molar-refractivity contribution in [2.75, 3.05) is 26.9 Å². The highest BCUT2D eigenvalue weighted by molar-refractivity contribution is 7.98. The molecule has 0 radical (unpaired) electrons. The fourth-order valence-electron chi connectivity index (χ4n) is 2.11. The van der Waals surface area contributed by atoms with Crippen LogP contribution >= 0.6 is 23.4 Å². The van der Waals surface area contributed by atoms with Crippen LogP contribution in [0.5, 0.6) is 0 Å². The van der Waals surface area contributed by atoms with E-state index in [2.05, 4.69) is 5.32 Å². The van der Waals surface area contributed by atoms with Gasteiger partial charge in [0.2, 0.25) is 0 Å². The van der Waals surface area contributed by atoms with Gasteiger partial charge in [0.25, 0.3) is 5.91 Å². The summed E-state index contributed by atoms with van der Waals surface area (Å²) in [4.78, 5) is 15.4. The highest BCUT2D eigenvalue weighted by Crippen LogP contribution is 2.23. The number of rotatable bonds is 6. The van der Waals surface area contributed by atoms with Crippen LogP contribution in [0.15, 0.2) is 45.9 Å². The summed E-state index contributed by atoms with van der Waals surface area (Å²) in [5.41, 5.74) is 0.491. The van der Waals surface area contributed by atoms with E-state index in [0.717, 1.165) is 10.7 Å². The Morgan fingerprint density at radius 1 is 1.41 bits per heavy atom. The molecule has 1 unspecified atom stereocenters. The van der Waals surface area contributed by atoms with Crippen LogP contribution in [-0.4, -0.2) is 37.7 Å². The second kappa shape index (κ2) is 7.72. The van der Waals surface area contributed by atoms with E-state index in [1.165, 1.54) is 0 Å². The number of carbonyl (C=O) groups excluding carboxylic acids is 1. The number of furan rings is 1. The van der Waals surface area contributed by atoms with Gasteiger partial charge < -0.3 is 9.73 Å². The van der Waals surface area contributed by atoms with Gasteiger partial charge in [-0.25, -0.2) is 0 Å². The molecular weight excluding hydrogens is 320 g/mol. The number of hydrogen-bond donors (Lipinski definition) is 1. The molecule has 0 aliphatic carbocycles. The maximum absolute atomic E-state index is 12.4. The lowest BCUT2D eigenvalue weighted by Gasteiger charge is -2.22. The Kier molecular flexibility index (Phi) is 5.94. The third-order valence-electron chi connectivity index (χ3n) is 3.37. The molecule has 1 aromatic heterocycles. The van der Waals surface area contributed by atoms with Crippen molar-refractivity contribution in [3.63, 3.8) is 0 Å². The minimum atomic E-state index is -0.181. The summed E-state index contributed by atoms with van der Waals surface area (Å²) >= 11 is 7.70. The minimum Gasteiger partial charge on any atom is -0.468 e. The average molecular weight is 339 g/mol. The first-order chi connectivity index (χ1) is 10.5. The average Bonchev–Trinajstić information content (AvgIpc) is 3.01. The van der Waals surface area contributed by atoms with E-state index in [9.17, 15) is 4.79 Å². The van der Waals surface area contributed by atoms with Gasteiger partial charge in [-0.05, 0) is 50.7 Å². The predicted molar refractivity (Wildman–Crippen MR) is 90.7 cm³/mol. The first-order valence-corrected chi connectivity index (χ1v) is 8.44. The standard InChI is InChI=1S/C16H19ClN2O2S/c1-19(2)14(15-5-4-8-21-15)10-18-16(20)12-9-11(22-3)6-7-13(12)17/h4-9,14H,10H2,1-3H3,(H,18,20). The summed E-state index contributed by atoms with van der Waals surface area (Å²) in [7, 11) is 3.89. The molecule has 1 atom stereocenters. The molecule has 0 fully saturated rings. The molecule has 0 aliphatic heterocycles. The molecule has 1 N–H and O–H groups in total. The molecule has 4 nitrogen and oxygen atoms in total. The molecule has 0 saturated carbocycles. The lowest BCUT2D eigenvalue weighted by atomic mass is 10.1. The Morgan fingerprint density at radius 2 is 2.18 bits per heavy atom. The Balaban J connectivity index is 2.08. The highest BCUT2D eigenvalue weighted by atomic mass is 35.5. The summed E-state index contributed by atoms with van der Waals surface area (Å²) in [5, 5.41) is 3.38. The molecule has 1 aromatic carbocycles. The smallest absolute Gasteiger partial charge is 0.252 e. The van der Waals surface area contributed by atoms with E-state index in [-0.39, 0.29) is 11.9 Å². The van der Waals surface area contributed by atoms with E-state index >= 15 is 0 Å². The van der Waals surface area contributed by atoms with Gasteiger partial charge >= 0.3 is 0 Å². The number of amides is 1. The van der Waals surface area contributed by atoms with Crippen LogP contribution < -0.4 is 5.32 Å². The zero-order chi connectivity index (χ0) is 16.1. The summed E-state index contributed by atoms with van der Waals surface area (Å²) < 4.78 is 5.43. The van der Waals surface area contributed by atoms with Crippen molar-refractivity contribution in [1.82, 2.24) is 10.2 Å². The van der Waals surface area contributed by atoms with Gasteiger partial charge in [0.05, 0.1) is 22.9 Å². The van der Waals surface area contributed by atoms with Crippen molar-refractivity contribution >= 4 is 29.3 Å². The summed E-state index contributed by atoms with van der Waals surface area (Å²) in [5.74, 6) is 0.633. The van der Waals surface area contributed by atoms with Gasteiger partial charge in [0, 0.05) is 11.4 Å². The molecular formula is C16H19ClN2O2S. The summed E-state index contributed by atoms with van der Waals surface area (Å²) in [6.45, 7) is 0.444. The quantitative estimate of drug-likeness (QED) is 0.816.